The highest BCUT2D eigenvalue weighted by Gasteiger charge is 2.22. The monoisotopic (exact) mass is 292 g/mol. The first-order valence-corrected chi connectivity index (χ1v) is 8.01. The van der Waals surface area contributed by atoms with Gasteiger partial charge in [0.25, 0.3) is 10.0 Å². The SMILES string of the molecule is CNCc1csc(S(=O)(=O)N(C)CCCOC)c1. The fourth-order valence-corrected chi connectivity index (χ4v) is 4.12. The lowest BCUT2D eigenvalue weighted by molar-refractivity contribution is 0.189. The Morgan fingerprint density at radius 3 is 2.83 bits per heavy atom. The number of sulfonamides is 1. The molecule has 0 bridgehead atoms. The van der Waals surface area contributed by atoms with Crippen molar-refractivity contribution in [3.63, 3.8) is 0 Å². The summed E-state index contributed by atoms with van der Waals surface area (Å²) in [6.45, 7) is 1.71. The Morgan fingerprint density at radius 2 is 2.22 bits per heavy atom. The van der Waals surface area contributed by atoms with Gasteiger partial charge in [0, 0.05) is 33.9 Å². The summed E-state index contributed by atoms with van der Waals surface area (Å²) in [6, 6.07) is 1.73. The van der Waals surface area contributed by atoms with Crippen LogP contribution in [0.25, 0.3) is 0 Å². The van der Waals surface area contributed by atoms with Crippen LogP contribution in [0.2, 0.25) is 0 Å². The molecule has 5 nitrogen and oxygen atoms in total. The Balaban J connectivity index is 2.71. The number of ether oxygens (including phenoxy) is 1. The normalized spacial score (nSPS) is 12.2. The van der Waals surface area contributed by atoms with Crippen LogP contribution in [0, 0.1) is 0 Å². The summed E-state index contributed by atoms with van der Waals surface area (Å²) in [5, 5.41) is 4.87. The summed E-state index contributed by atoms with van der Waals surface area (Å²) in [7, 11) is 1.70. The number of hydrogen-bond donors (Lipinski definition) is 1. The lowest BCUT2D eigenvalue weighted by atomic mass is 10.3. The molecule has 0 unspecified atom stereocenters. The van der Waals surface area contributed by atoms with Crippen LogP contribution in [0.4, 0.5) is 0 Å². The van der Waals surface area contributed by atoms with E-state index in [-0.39, 0.29) is 0 Å². The number of hydrogen-bond acceptors (Lipinski definition) is 5. The summed E-state index contributed by atoms with van der Waals surface area (Å²) < 4.78 is 31.1. The van der Waals surface area contributed by atoms with Crippen molar-refractivity contribution in [3.8, 4) is 0 Å². The summed E-state index contributed by atoms with van der Waals surface area (Å²) in [5.74, 6) is 0. The van der Waals surface area contributed by atoms with Gasteiger partial charge in [0.05, 0.1) is 0 Å². The molecule has 0 radical (unpaired) electrons. The third-order valence-electron chi connectivity index (χ3n) is 2.50. The molecule has 1 aromatic heterocycles. The first-order valence-electron chi connectivity index (χ1n) is 5.69. The standard InChI is InChI=1S/C11H20N2O3S2/c1-12-8-10-7-11(17-9-10)18(14,15)13(2)5-4-6-16-3/h7,9,12H,4-6,8H2,1-3H3. The van der Waals surface area contributed by atoms with E-state index in [2.05, 4.69) is 5.32 Å². The molecule has 0 aliphatic carbocycles. The molecule has 0 aromatic carbocycles. The van der Waals surface area contributed by atoms with Gasteiger partial charge >= 0.3 is 0 Å². The van der Waals surface area contributed by atoms with Gasteiger partial charge in [-0.15, -0.1) is 11.3 Å². The minimum atomic E-state index is -3.35. The number of thiophene rings is 1. The average molecular weight is 292 g/mol. The maximum atomic E-state index is 12.2. The van der Waals surface area contributed by atoms with Crippen LogP contribution in [0.3, 0.4) is 0 Å². The number of rotatable bonds is 8. The van der Waals surface area contributed by atoms with E-state index in [9.17, 15) is 8.42 Å². The van der Waals surface area contributed by atoms with Crippen molar-refractivity contribution in [2.45, 2.75) is 17.2 Å². The van der Waals surface area contributed by atoms with Crippen LogP contribution in [-0.4, -0.2) is 47.1 Å². The fraction of sp³-hybridized carbons (Fsp3) is 0.636. The molecule has 1 aromatic rings. The molecule has 1 N–H and O–H groups in total. The first-order chi connectivity index (χ1) is 8.52. The fourth-order valence-electron chi connectivity index (χ4n) is 1.49. The predicted molar refractivity (Wildman–Crippen MR) is 73.4 cm³/mol. The topological polar surface area (TPSA) is 58.6 Å². The van der Waals surface area contributed by atoms with Gasteiger partial charge in [-0.05, 0) is 30.5 Å². The summed E-state index contributed by atoms with van der Waals surface area (Å²) >= 11 is 1.26. The Labute approximate surface area is 113 Å². The second-order valence-electron chi connectivity index (χ2n) is 3.98. The van der Waals surface area contributed by atoms with Crippen molar-refractivity contribution in [1.29, 1.82) is 0 Å². The molecular formula is C11H20N2O3S2. The lowest BCUT2D eigenvalue weighted by Gasteiger charge is -2.15. The van der Waals surface area contributed by atoms with E-state index >= 15 is 0 Å². The highest BCUT2D eigenvalue weighted by Crippen LogP contribution is 2.23. The van der Waals surface area contributed by atoms with Crippen molar-refractivity contribution >= 4 is 21.4 Å². The second kappa shape index (κ2) is 7.20. The highest BCUT2D eigenvalue weighted by molar-refractivity contribution is 7.91. The van der Waals surface area contributed by atoms with Crippen LogP contribution in [0.1, 0.15) is 12.0 Å². The summed E-state index contributed by atoms with van der Waals surface area (Å²) in [4.78, 5) is 0. The molecule has 104 valence electrons. The van der Waals surface area contributed by atoms with Crippen LogP contribution >= 0.6 is 11.3 Å². The van der Waals surface area contributed by atoms with Gasteiger partial charge in [0.1, 0.15) is 4.21 Å². The summed E-state index contributed by atoms with van der Waals surface area (Å²) in [5.41, 5.74) is 0.992. The zero-order valence-corrected chi connectivity index (χ0v) is 12.6. The Morgan fingerprint density at radius 1 is 1.50 bits per heavy atom. The van der Waals surface area contributed by atoms with Crippen molar-refractivity contribution in [2.24, 2.45) is 0 Å². The smallest absolute Gasteiger partial charge is 0.252 e. The van der Waals surface area contributed by atoms with Crippen molar-refractivity contribution < 1.29 is 13.2 Å². The van der Waals surface area contributed by atoms with Gasteiger partial charge in [-0.25, -0.2) is 12.7 Å². The van der Waals surface area contributed by atoms with E-state index < -0.39 is 10.0 Å². The first kappa shape index (κ1) is 15.6. The molecule has 0 aliphatic rings. The molecule has 0 spiro atoms. The number of nitrogens with one attached hydrogen (secondary N) is 1. The molecule has 0 amide bonds. The van der Waals surface area contributed by atoms with Crippen LogP contribution < -0.4 is 5.32 Å². The maximum absolute atomic E-state index is 12.2. The Hall–Kier alpha value is -0.470. The van der Waals surface area contributed by atoms with Gasteiger partial charge in [0.15, 0.2) is 0 Å². The number of nitrogens with zero attached hydrogens (tertiary/aromatic N) is 1. The Kier molecular flexibility index (Phi) is 6.24. The zero-order valence-electron chi connectivity index (χ0n) is 11.0. The van der Waals surface area contributed by atoms with Crippen LogP contribution in [-0.2, 0) is 21.3 Å². The predicted octanol–water partition coefficient (Wildman–Crippen LogP) is 1.12. The third-order valence-corrected chi connectivity index (χ3v) is 5.82. The molecule has 18 heavy (non-hydrogen) atoms. The largest absolute Gasteiger partial charge is 0.385 e. The van der Waals surface area contributed by atoms with Crippen molar-refractivity contribution in [1.82, 2.24) is 9.62 Å². The van der Waals surface area contributed by atoms with Crippen molar-refractivity contribution in [2.75, 3.05) is 34.4 Å². The minimum Gasteiger partial charge on any atom is -0.385 e. The maximum Gasteiger partial charge on any atom is 0.252 e. The van der Waals surface area contributed by atoms with Crippen LogP contribution in [0.15, 0.2) is 15.7 Å². The quantitative estimate of drug-likeness (QED) is 0.730. The van der Waals surface area contributed by atoms with E-state index in [1.54, 1.807) is 20.2 Å². The van der Waals surface area contributed by atoms with Crippen LogP contribution in [0.5, 0.6) is 0 Å². The lowest BCUT2D eigenvalue weighted by Crippen LogP contribution is -2.28. The number of methoxy groups -OCH3 is 1. The average Bonchev–Trinajstić information content (AvgIpc) is 2.79. The molecule has 0 atom stereocenters. The van der Waals surface area contributed by atoms with Crippen molar-refractivity contribution in [3.05, 3.63) is 17.0 Å². The molecule has 1 heterocycles. The Bertz CT molecular complexity index is 457. The molecule has 7 heteroatoms. The molecule has 0 saturated carbocycles. The highest BCUT2D eigenvalue weighted by atomic mass is 32.2. The van der Waals surface area contributed by atoms with E-state index in [4.69, 9.17) is 4.74 Å². The van der Waals surface area contributed by atoms with E-state index in [0.29, 0.717) is 30.3 Å². The summed E-state index contributed by atoms with van der Waals surface area (Å²) in [6.07, 6.45) is 0.695. The second-order valence-corrected chi connectivity index (χ2v) is 7.16. The molecular weight excluding hydrogens is 272 g/mol. The van der Waals surface area contributed by atoms with E-state index in [1.165, 1.54) is 15.6 Å². The van der Waals surface area contributed by atoms with E-state index in [0.717, 1.165) is 5.56 Å². The molecule has 0 aliphatic heterocycles. The van der Waals surface area contributed by atoms with Gasteiger partial charge in [-0.3, -0.25) is 0 Å². The zero-order chi connectivity index (χ0) is 13.6. The van der Waals surface area contributed by atoms with E-state index in [1.807, 2.05) is 12.4 Å². The van der Waals surface area contributed by atoms with Gasteiger partial charge < -0.3 is 10.1 Å². The molecule has 1 rings (SSSR count). The third kappa shape index (κ3) is 4.03. The minimum absolute atomic E-state index is 0.396. The van der Waals surface area contributed by atoms with Gasteiger partial charge in [-0.1, -0.05) is 0 Å². The van der Waals surface area contributed by atoms with Gasteiger partial charge in [-0.2, -0.15) is 0 Å². The molecule has 0 saturated heterocycles. The van der Waals surface area contributed by atoms with Gasteiger partial charge in [0.2, 0.25) is 0 Å². The molecule has 0 fully saturated rings.